The zero-order valence-corrected chi connectivity index (χ0v) is 12.7. The first-order chi connectivity index (χ1) is 9.43. The Hall–Kier alpha value is -1.65. The van der Waals surface area contributed by atoms with E-state index in [1.807, 2.05) is 7.05 Å². The van der Waals surface area contributed by atoms with Crippen LogP contribution in [0.5, 0.6) is 0 Å². The number of hydrogen-bond acceptors (Lipinski definition) is 5. The van der Waals surface area contributed by atoms with Crippen molar-refractivity contribution in [3.05, 3.63) is 18.1 Å². The predicted molar refractivity (Wildman–Crippen MR) is 77.8 cm³/mol. The van der Waals surface area contributed by atoms with Crippen LogP contribution in [0.4, 0.5) is 5.82 Å². The maximum Gasteiger partial charge on any atom is 0.358 e. The Morgan fingerprint density at radius 2 is 2.00 bits per heavy atom. The largest absolute Gasteiger partial charge is 0.464 e. The third-order valence-corrected chi connectivity index (χ3v) is 4.23. The third kappa shape index (κ3) is 3.26. The number of rotatable bonds is 3. The van der Waals surface area contributed by atoms with Gasteiger partial charge in [-0.1, -0.05) is 13.8 Å². The van der Waals surface area contributed by atoms with Crippen LogP contribution in [0.15, 0.2) is 12.4 Å². The lowest BCUT2D eigenvalue weighted by Gasteiger charge is -2.39. The topological polar surface area (TPSA) is 55.3 Å². The zero-order chi connectivity index (χ0) is 14.8. The lowest BCUT2D eigenvalue weighted by Crippen LogP contribution is -2.37. The third-order valence-electron chi connectivity index (χ3n) is 4.23. The second-order valence-corrected chi connectivity index (χ2v) is 6.26. The van der Waals surface area contributed by atoms with Gasteiger partial charge in [-0.2, -0.15) is 0 Å². The Morgan fingerprint density at radius 1 is 1.35 bits per heavy atom. The molecule has 110 valence electrons. The summed E-state index contributed by atoms with van der Waals surface area (Å²) in [4.78, 5) is 22.1. The van der Waals surface area contributed by atoms with Crippen molar-refractivity contribution in [2.45, 2.75) is 45.6 Å². The number of nitrogens with zero attached hydrogens (tertiary/aromatic N) is 3. The number of methoxy groups -OCH3 is 1. The van der Waals surface area contributed by atoms with Crippen molar-refractivity contribution in [3.63, 3.8) is 0 Å². The van der Waals surface area contributed by atoms with Crippen molar-refractivity contribution in [2.24, 2.45) is 5.41 Å². The van der Waals surface area contributed by atoms with Gasteiger partial charge in [0.2, 0.25) is 0 Å². The van der Waals surface area contributed by atoms with Gasteiger partial charge in [-0.05, 0) is 31.1 Å². The van der Waals surface area contributed by atoms with E-state index in [-0.39, 0.29) is 5.69 Å². The first kappa shape index (κ1) is 14.8. The maximum atomic E-state index is 11.5. The Kier molecular flexibility index (Phi) is 4.26. The van der Waals surface area contributed by atoms with E-state index in [2.05, 4.69) is 33.5 Å². The van der Waals surface area contributed by atoms with Crippen LogP contribution in [0, 0.1) is 5.41 Å². The Balaban J connectivity index is 2.09. The minimum absolute atomic E-state index is 0.257. The summed E-state index contributed by atoms with van der Waals surface area (Å²) < 4.78 is 4.68. The zero-order valence-electron chi connectivity index (χ0n) is 12.7. The first-order valence-electron chi connectivity index (χ1n) is 7.06. The highest BCUT2D eigenvalue weighted by Gasteiger charge is 2.29. The second-order valence-electron chi connectivity index (χ2n) is 6.26. The molecule has 0 amide bonds. The molecule has 5 nitrogen and oxygen atoms in total. The number of anilines is 1. The van der Waals surface area contributed by atoms with Crippen LogP contribution in [0.2, 0.25) is 0 Å². The SMILES string of the molecule is COC(=O)c1cncc(N(C)C2CCC(C)(C)CC2)n1. The average molecular weight is 277 g/mol. The molecule has 0 N–H and O–H groups in total. The van der Waals surface area contributed by atoms with Crippen molar-refractivity contribution in [2.75, 3.05) is 19.1 Å². The molecular formula is C15H23N3O2. The van der Waals surface area contributed by atoms with E-state index in [1.165, 1.54) is 26.1 Å². The molecule has 2 rings (SSSR count). The summed E-state index contributed by atoms with van der Waals surface area (Å²) in [7, 11) is 3.37. The van der Waals surface area contributed by atoms with E-state index >= 15 is 0 Å². The molecule has 0 spiro atoms. The van der Waals surface area contributed by atoms with Gasteiger partial charge in [0, 0.05) is 13.1 Å². The van der Waals surface area contributed by atoms with E-state index in [1.54, 1.807) is 6.20 Å². The summed E-state index contributed by atoms with van der Waals surface area (Å²) in [6, 6.07) is 0.463. The molecule has 1 aliphatic carbocycles. The minimum Gasteiger partial charge on any atom is -0.464 e. The van der Waals surface area contributed by atoms with Gasteiger partial charge in [-0.25, -0.2) is 9.78 Å². The highest BCUT2D eigenvalue weighted by molar-refractivity contribution is 5.87. The van der Waals surface area contributed by atoms with Crippen LogP contribution >= 0.6 is 0 Å². The van der Waals surface area contributed by atoms with Crippen LogP contribution in [0.1, 0.15) is 50.0 Å². The average Bonchev–Trinajstić information content (AvgIpc) is 2.46. The molecule has 5 heteroatoms. The summed E-state index contributed by atoms with van der Waals surface area (Å²) in [5, 5.41) is 0. The number of ether oxygens (including phenoxy) is 1. The molecule has 1 aliphatic rings. The fourth-order valence-corrected chi connectivity index (χ4v) is 2.69. The van der Waals surface area contributed by atoms with E-state index < -0.39 is 5.97 Å². The molecule has 1 aromatic heterocycles. The number of carbonyl (C=O) groups is 1. The van der Waals surface area contributed by atoms with Crippen LogP contribution < -0.4 is 4.90 Å². The van der Waals surface area contributed by atoms with Gasteiger partial charge < -0.3 is 9.64 Å². The van der Waals surface area contributed by atoms with Crippen molar-refractivity contribution in [1.29, 1.82) is 0 Å². The number of carbonyl (C=O) groups excluding carboxylic acids is 1. The molecule has 0 radical (unpaired) electrons. The van der Waals surface area contributed by atoms with Gasteiger partial charge in [-0.15, -0.1) is 0 Å². The summed E-state index contributed by atoms with van der Waals surface area (Å²) >= 11 is 0. The minimum atomic E-state index is -0.447. The second kappa shape index (κ2) is 5.77. The maximum absolute atomic E-state index is 11.5. The molecule has 0 unspecified atom stereocenters. The monoisotopic (exact) mass is 277 g/mol. The summed E-state index contributed by atoms with van der Waals surface area (Å²) in [6.07, 6.45) is 7.86. The molecule has 1 fully saturated rings. The van der Waals surface area contributed by atoms with Crippen LogP contribution in [0.25, 0.3) is 0 Å². The van der Waals surface area contributed by atoms with E-state index in [0.29, 0.717) is 11.5 Å². The van der Waals surface area contributed by atoms with Crippen LogP contribution in [-0.4, -0.2) is 36.1 Å². The van der Waals surface area contributed by atoms with Gasteiger partial charge in [0.1, 0.15) is 5.82 Å². The lowest BCUT2D eigenvalue weighted by atomic mass is 9.75. The van der Waals surface area contributed by atoms with Gasteiger partial charge in [0.05, 0.1) is 19.5 Å². The highest BCUT2D eigenvalue weighted by Crippen LogP contribution is 2.37. The fraction of sp³-hybridized carbons (Fsp3) is 0.667. The van der Waals surface area contributed by atoms with E-state index in [9.17, 15) is 4.79 Å². The Bertz CT molecular complexity index is 478. The van der Waals surface area contributed by atoms with Gasteiger partial charge in [-0.3, -0.25) is 4.98 Å². The molecule has 0 atom stereocenters. The van der Waals surface area contributed by atoms with Gasteiger partial charge in [0.25, 0.3) is 0 Å². The Labute approximate surface area is 120 Å². The summed E-state index contributed by atoms with van der Waals surface area (Å²) in [5.74, 6) is 0.287. The van der Waals surface area contributed by atoms with Crippen molar-refractivity contribution >= 4 is 11.8 Å². The summed E-state index contributed by atoms with van der Waals surface area (Å²) in [5.41, 5.74) is 0.699. The molecule has 0 aliphatic heterocycles. The van der Waals surface area contributed by atoms with Crippen molar-refractivity contribution in [1.82, 2.24) is 9.97 Å². The molecule has 0 aromatic carbocycles. The Morgan fingerprint density at radius 3 is 2.60 bits per heavy atom. The quantitative estimate of drug-likeness (QED) is 0.795. The lowest BCUT2D eigenvalue weighted by molar-refractivity contribution is 0.0593. The molecule has 0 saturated heterocycles. The van der Waals surface area contributed by atoms with Crippen LogP contribution in [-0.2, 0) is 4.74 Å². The first-order valence-corrected chi connectivity index (χ1v) is 7.06. The van der Waals surface area contributed by atoms with Gasteiger partial charge >= 0.3 is 5.97 Å². The van der Waals surface area contributed by atoms with Crippen LogP contribution in [0.3, 0.4) is 0 Å². The normalized spacial score (nSPS) is 18.6. The smallest absolute Gasteiger partial charge is 0.358 e. The molecule has 0 bridgehead atoms. The molecule has 1 aromatic rings. The molecule has 20 heavy (non-hydrogen) atoms. The summed E-state index contributed by atoms with van der Waals surface area (Å²) in [6.45, 7) is 4.64. The molecular weight excluding hydrogens is 254 g/mol. The highest BCUT2D eigenvalue weighted by atomic mass is 16.5. The number of aromatic nitrogens is 2. The molecule has 1 heterocycles. The predicted octanol–water partition coefficient (Wildman–Crippen LogP) is 2.67. The molecule has 1 saturated carbocycles. The number of hydrogen-bond donors (Lipinski definition) is 0. The standard InChI is InChI=1S/C15H23N3O2/c1-15(2)7-5-11(6-8-15)18(3)13-10-16-9-12(17-13)14(19)20-4/h9-11H,5-8H2,1-4H3. The fourth-order valence-electron chi connectivity index (χ4n) is 2.69. The van der Waals surface area contributed by atoms with Gasteiger partial charge in [0.15, 0.2) is 5.69 Å². The van der Waals surface area contributed by atoms with E-state index in [0.717, 1.165) is 18.7 Å². The van der Waals surface area contributed by atoms with E-state index in [4.69, 9.17) is 0 Å². The van der Waals surface area contributed by atoms with Crippen molar-refractivity contribution < 1.29 is 9.53 Å². The van der Waals surface area contributed by atoms with Crippen molar-refractivity contribution in [3.8, 4) is 0 Å². The number of esters is 1.